The maximum absolute atomic E-state index is 13.8. The van der Waals surface area contributed by atoms with Crippen molar-refractivity contribution in [2.24, 2.45) is 11.8 Å². The number of hydrogen-bond acceptors (Lipinski definition) is 10. The van der Waals surface area contributed by atoms with Gasteiger partial charge in [0.05, 0.1) is 11.7 Å². The Labute approximate surface area is 297 Å². The fourth-order valence-corrected chi connectivity index (χ4v) is 9.54. The molecule has 3 aromatic heterocycles. The zero-order valence-corrected chi connectivity index (χ0v) is 32.3. The first-order chi connectivity index (χ1) is 23.5. The lowest BCUT2D eigenvalue weighted by molar-refractivity contribution is 0.0661. The first-order valence-electron chi connectivity index (χ1n) is 18.0. The van der Waals surface area contributed by atoms with Gasteiger partial charge in [0.15, 0.2) is 19.2 Å². The van der Waals surface area contributed by atoms with E-state index < -0.39 is 24.2 Å². The Morgan fingerprint density at radius 2 is 1.80 bits per heavy atom. The normalized spacial score (nSPS) is 21.8. The van der Waals surface area contributed by atoms with Gasteiger partial charge in [0.2, 0.25) is 5.88 Å². The Bertz CT molecular complexity index is 1800. The summed E-state index contributed by atoms with van der Waals surface area (Å²) in [7, 11) is -6.26. The molecule has 2 fully saturated rings. The average molecular weight is 724 g/mol. The second kappa shape index (κ2) is 13.9. The Morgan fingerprint density at radius 3 is 2.54 bits per heavy atom. The Kier molecular flexibility index (Phi) is 10.1. The molecule has 14 heteroatoms. The second-order valence-corrected chi connectivity index (χ2v) is 22.7. The summed E-state index contributed by atoms with van der Waals surface area (Å²) in [5.74, 6) is 1.91. The molecule has 3 aromatic rings. The lowest BCUT2D eigenvalue weighted by Crippen LogP contribution is -2.47. The molecule has 1 saturated heterocycles. The molecule has 2 aliphatic heterocycles. The van der Waals surface area contributed by atoms with Crippen LogP contribution in [0.15, 0.2) is 47.6 Å². The van der Waals surface area contributed by atoms with Crippen LogP contribution in [0.2, 0.25) is 18.1 Å². The maximum Gasteiger partial charge on any atom is 0.281 e. The van der Waals surface area contributed by atoms with Gasteiger partial charge in [-0.2, -0.15) is 8.42 Å². The Morgan fingerprint density at radius 1 is 1.04 bits per heavy atom. The Balaban J connectivity index is 1.28. The van der Waals surface area contributed by atoms with Crippen molar-refractivity contribution in [2.45, 2.75) is 114 Å². The van der Waals surface area contributed by atoms with Crippen LogP contribution in [0.1, 0.15) is 89.9 Å². The molecule has 50 heavy (non-hydrogen) atoms. The number of nitrogens with zero attached hydrogens (tertiary/aromatic N) is 5. The van der Waals surface area contributed by atoms with Crippen LogP contribution < -0.4 is 19.7 Å². The van der Waals surface area contributed by atoms with Crippen molar-refractivity contribution in [2.75, 3.05) is 29.9 Å². The van der Waals surface area contributed by atoms with E-state index >= 15 is 0 Å². The van der Waals surface area contributed by atoms with E-state index in [9.17, 15) is 13.2 Å². The highest BCUT2D eigenvalue weighted by molar-refractivity contribution is 7.90. The van der Waals surface area contributed by atoms with Crippen LogP contribution in [0, 0.1) is 11.8 Å². The fraction of sp³-hybridized carbons (Fsp3) is 0.611. The number of hydrogen-bond donors (Lipinski definition) is 2. The van der Waals surface area contributed by atoms with Crippen LogP contribution in [0.4, 0.5) is 11.6 Å². The Hall–Kier alpha value is -3.49. The van der Waals surface area contributed by atoms with Crippen molar-refractivity contribution in [3.8, 4) is 11.7 Å². The molecule has 0 aromatic carbocycles. The van der Waals surface area contributed by atoms with Gasteiger partial charge in [-0.1, -0.05) is 39.7 Å². The summed E-state index contributed by atoms with van der Waals surface area (Å²) in [4.78, 5) is 25.1. The van der Waals surface area contributed by atoms with Crippen molar-refractivity contribution in [3.63, 3.8) is 0 Å². The molecule has 0 radical (unpaired) electrons. The predicted molar refractivity (Wildman–Crippen MR) is 197 cm³/mol. The van der Waals surface area contributed by atoms with E-state index in [0.29, 0.717) is 54.9 Å². The number of rotatable bonds is 7. The SMILES string of the molecule is CC1(C)C[C@@H]2CCCNc3cccc(n3)S(=O)(=O)NC(=O)c3ccc(-n4ccc(OCC(O[Si](C)(C)C(C)(C)C)C5CCCC5)n4)nc3N1C2. The van der Waals surface area contributed by atoms with E-state index in [4.69, 9.17) is 19.2 Å². The van der Waals surface area contributed by atoms with Crippen molar-refractivity contribution >= 4 is 35.9 Å². The van der Waals surface area contributed by atoms with Gasteiger partial charge in [-0.05, 0) is 100 Å². The monoisotopic (exact) mass is 723 g/mol. The second-order valence-electron chi connectivity index (χ2n) is 16.3. The molecule has 1 unspecified atom stereocenters. The van der Waals surface area contributed by atoms with Crippen LogP contribution in [0.25, 0.3) is 5.82 Å². The van der Waals surface area contributed by atoms with Crippen LogP contribution in [0.5, 0.6) is 5.88 Å². The molecule has 4 bridgehead atoms. The van der Waals surface area contributed by atoms with E-state index in [1.54, 1.807) is 35.1 Å². The minimum atomic E-state index is -4.25. The lowest BCUT2D eigenvalue weighted by Gasteiger charge is -2.40. The van der Waals surface area contributed by atoms with E-state index in [-0.39, 0.29) is 27.3 Å². The lowest BCUT2D eigenvalue weighted by atomic mass is 9.93. The van der Waals surface area contributed by atoms with E-state index in [1.165, 1.54) is 18.9 Å². The third-order valence-electron chi connectivity index (χ3n) is 11.0. The molecule has 2 N–H and O–H groups in total. The summed E-state index contributed by atoms with van der Waals surface area (Å²) in [6.07, 6.45) is 9.31. The molecule has 3 aliphatic rings. The highest BCUT2D eigenvalue weighted by Crippen LogP contribution is 2.41. The minimum absolute atomic E-state index is 0.00535. The maximum atomic E-state index is 13.8. The van der Waals surface area contributed by atoms with Crippen LogP contribution in [0.3, 0.4) is 0 Å². The number of carbonyl (C=O) groups excluding carboxylic acids is 1. The summed E-state index contributed by atoms with van der Waals surface area (Å²) < 4.78 is 43.7. The quantitative estimate of drug-likeness (QED) is 0.258. The van der Waals surface area contributed by atoms with Gasteiger partial charge in [0, 0.05) is 30.9 Å². The molecule has 1 aliphatic carbocycles. The van der Waals surface area contributed by atoms with E-state index in [1.807, 2.05) is 6.07 Å². The summed E-state index contributed by atoms with van der Waals surface area (Å²) in [5.41, 5.74) is -0.153. The highest BCUT2D eigenvalue weighted by Gasteiger charge is 2.42. The highest BCUT2D eigenvalue weighted by atomic mass is 32.2. The molecule has 1 saturated carbocycles. The minimum Gasteiger partial charge on any atom is -0.474 e. The van der Waals surface area contributed by atoms with Gasteiger partial charge >= 0.3 is 0 Å². The molecular formula is C36H53N7O5SSi. The zero-order valence-electron chi connectivity index (χ0n) is 30.5. The summed E-state index contributed by atoms with van der Waals surface area (Å²) in [6, 6.07) is 9.84. The smallest absolute Gasteiger partial charge is 0.281 e. The van der Waals surface area contributed by atoms with Crippen LogP contribution in [-0.4, -0.2) is 73.7 Å². The molecular weight excluding hydrogens is 671 g/mol. The van der Waals surface area contributed by atoms with Crippen molar-refractivity contribution in [3.05, 3.63) is 48.2 Å². The number of nitrogens with one attached hydrogen (secondary N) is 2. The number of fused-ring (bicyclic) bond motifs is 6. The number of ether oxygens (including phenoxy) is 1. The van der Waals surface area contributed by atoms with Crippen molar-refractivity contribution in [1.82, 2.24) is 24.5 Å². The summed E-state index contributed by atoms with van der Waals surface area (Å²) in [5, 5.41) is 7.82. The number of carbonyl (C=O) groups is 1. The molecule has 2 atom stereocenters. The summed E-state index contributed by atoms with van der Waals surface area (Å²) in [6.45, 7) is 17.4. The van der Waals surface area contributed by atoms with Gasteiger partial charge in [0.1, 0.15) is 18.2 Å². The third-order valence-corrected chi connectivity index (χ3v) is 16.8. The third kappa shape index (κ3) is 7.86. The van der Waals surface area contributed by atoms with Crippen LogP contribution in [-0.2, 0) is 14.4 Å². The zero-order chi connectivity index (χ0) is 35.9. The largest absolute Gasteiger partial charge is 0.474 e. The molecule has 5 heterocycles. The molecule has 12 nitrogen and oxygen atoms in total. The standard InChI is InChI=1S/C36H53N7O5SSi/c1-35(2,3)50(6,7)48-28(26-13-8-9-14-26)24-47-31-19-21-43(40-31)30-18-17-27-33(39-30)42-23-25(22-36(42,4)5)12-11-20-37-29-15-10-16-32(38-29)49(45,46)41-34(27)44/h10,15-19,21,25-26,28H,8-9,11-14,20,22-24H2,1-7H3,(H,37,38)(H,41,44)/t25-,28?/m0/s1. The van der Waals surface area contributed by atoms with Gasteiger partial charge in [-0.15, -0.1) is 5.10 Å². The first kappa shape index (κ1) is 36.3. The first-order valence-corrected chi connectivity index (χ1v) is 22.3. The van der Waals surface area contributed by atoms with Crippen molar-refractivity contribution < 1.29 is 22.4 Å². The van der Waals surface area contributed by atoms with Gasteiger partial charge in [-0.25, -0.2) is 19.4 Å². The van der Waals surface area contributed by atoms with Gasteiger partial charge < -0.3 is 19.4 Å². The average Bonchev–Trinajstić information content (AvgIpc) is 3.81. The molecule has 272 valence electrons. The van der Waals surface area contributed by atoms with E-state index in [0.717, 1.165) is 32.1 Å². The van der Waals surface area contributed by atoms with Gasteiger partial charge in [-0.3, -0.25) is 4.79 Å². The number of amides is 1. The topological polar surface area (TPSA) is 141 Å². The molecule has 0 spiro atoms. The van der Waals surface area contributed by atoms with Crippen LogP contribution >= 0.6 is 0 Å². The van der Waals surface area contributed by atoms with Gasteiger partial charge in [0.25, 0.3) is 15.9 Å². The van der Waals surface area contributed by atoms with Crippen molar-refractivity contribution in [1.29, 1.82) is 0 Å². The molecule has 1 amide bonds. The number of anilines is 2. The number of pyridine rings is 2. The summed E-state index contributed by atoms with van der Waals surface area (Å²) >= 11 is 0. The number of aromatic nitrogens is 4. The fourth-order valence-electron chi connectivity index (χ4n) is 7.23. The predicted octanol–water partition coefficient (Wildman–Crippen LogP) is 6.55. The van der Waals surface area contributed by atoms with E-state index in [2.05, 4.69) is 67.6 Å². The molecule has 6 rings (SSSR count). The number of sulfonamides is 1.